The first-order valence-electron chi connectivity index (χ1n) is 11.1. The third-order valence-electron chi connectivity index (χ3n) is 6.99. The fourth-order valence-electron chi connectivity index (χ4n) is 5.12. The normalized spacial score (nSPS) is 25.0. The molecule has 0 aromatic heterocycles. The SMILES string of the molecule is CS(=O)(=O)N1CCC2(CC1)CC(CC(=O)N1CCN(c3ccc(F)cc3)CC1)CCO2. The number of carbonyl (C=O) groups is 1. The third kappa shape index (κ3) is 5.38. The maximum Gasteiger partial charge on any atom is 0.222 e. The molecule has 4 rings (SSSR count). The Bertz CT molecular complexity index is 877. The van der Waals surface area contributed by atoms with Crippen LogP contribution in [0.3, 0.4) is 0 Å². The molecule has 9 heteroatoms. The fourth-order valence-corrected chi connectivity index (χ4v) is 5.97. The van der Waals surface area contributed by atoms with E-state index in [-0.39, 0.29) is 23.2 Å². The predicted octanol–water partition coefficient (Wildman–Crippen LogP) is 2.09. The number of amides is 1. The van der Waals surface area contributed by atoms with Gasteiger partial charge < -0.3 is 14.5 Å². The van der Waals surface area contributed by atoms with Crippen LogP contribution in [-0.2, 0) is 19.6 Å². The van der Waals surface area contributed by atoms with Crippen LogP contribution in [0.2, 0.25) is 0 Å². The molecule has 3 saturated heterocycles. The molecule has 31 heavy (non-hydrogen) atoms. The van der Waals surface area contributed by atoms with E-state index in [9.17, 15) is 17.6 Å². The van der Waals surface area contributed by atoms with E-state index in [2.05, 4.69) is 4.90 Å². The summed E-state index contributed by atoms with van der Waals surface area (Å²) in [7, 11) is -3.16. The molecule has 1 unspecified atom stereocenters. The maximum absolute atomic E-state index is 13.1. The number of ether oxygens (including phenoxy) is 1. The summed E-state index contributed by atoms with van der Waals surface area (Å²) < 4.78 is 44.4. The van der Waals surface area contributed by atoms with Crippen molar-refractivity contribution in [2.45, 2.75) is 37.7 Å². The second-order valence-corrected chi connectivity index (χ2v) is 11.1. The van der Waals surface area contributed by atoms with Crippen molar-refractivity contribution >= 4 is 21.6 Å². The number of hydrogen-bond donors (Lipinski definition) is 0. The largest absolute Gasteiger partial charge is 0.375 e. The summed E-state index contributed by atoms with van der Waals surface area (Å²) in [6, 6.07) is 6.50. The summed E-state index contributed by atoms with van der Waals surface area (Å²) in [5.74, 6) is 0.226. The molecule has 1 spiro atoms. The molecule has 172 valence electrons. The number of benzene rings is 1. The van der Waals surface area contributed by atoms with Crippen molar-refractivity contribution in [3.05, 3.63) is 30.1 Å². The Morgan fingerprint density at radius 1 is 1.10 bits per heavy atom. The van der Waals surface area contributed by atoms with E-state index >= 15 is 0 Å². The highest BCUT2D eigenvalue weighted by Crippen LogP contribution is 2.39. The Morgan fingerprint density at radius 3 is 2.35 bits per heavy atom. The van der Waals surface area contributed by atoms with Crippen LogP contribution >= 0.6 is 0 Å². The molecule has 3 aliphatic heterocycles. The molecular formula is C22H32FN3O4S. The van der Waals surface area contributed by atoms with Gasteiger partial charge in [-0.25, -0.2) is 17.1 Å². The lowest BCUT2D eigenvalue weighted by atomic mass is 9.78. The number of hydrogen-bond acceptors (Lipinski definition) is 5. The summed E-state index contributed by atoms with van der Waals surface area (Å²) >= 11 is 0. The fraction of sp³-hybridized carbons (Fsp3) is 0.682. The monoisotopic (exact) mass is 453 g/mol. The van der Waals surface area contributed by atoms with E-state index in [0.29, 0.717) is 52.0 Å². The number of halogens is 1. The minimum Gasteiger partial charge on any atom is -0.375 e. The first kappa shape index (κ1) is 22.5. The topological polar surface area (TPSA) is 70.2 Å². The van der Waals surface area contributed by atoms with E-state index in [1.165, 1.54) is 22.7 Å². The zero-order chi connectivity index (χ0) is 22.1. The molecule has 0 saturated carbocycles. The number of rotatable bonds is 4. The van der Waals surface area contributed by atoms with E-state index in [4.69, 9.17) is 4.74 Å². The van der Waals surface area contributed by atoms with Gasteiger partial charge in [-0.1, -0.05) is 0 Å². The molecule has 0 aliphatic carbocycles. The lowest BCUT2D eigenvalue weighted by Crippen LogP contribution is -2.52. The van der Waals surface area contributed by atoms with Crippen molar-refractivity contribution in [3.8, 4) is 0 Å². The molecule has 3 heterocycles. The van der Waals surface area contributed by atoms with Gasteiger partial charge in [-0.05, 0) is 55.9 Å². The lowest BCUT2D eigenvalue weighted by Gasteiger charge is -2.46. The van der Waals surface area contributed by atoms with Crippen LogP contribution in [-0.4, -0.2) is 81.3 Å². The highest BCUT2D eigenvalue weighted by molar-refractivity contribution is 7.88. The Hall–Kier alpha value is -1.71. The van der Waals surface area contributed by atoms with Crippen LogP contribution in [0, 0.1) is 11.7 Å². The molecule has 3 fully saturated rings. The number of anilines is 1. The van der Waals surface area contributed by atoms with Crippen molar-refractivity contribution in [2.24, 2.45) is 5.92 Å². The van der Waals surface area contributed by atoms with Gasteiger partial charge >= 0.3 is 0 Å². The van der Waals surface area contributed by atoms with Gasteiger partial charge in [0.25, 0.3) is 0 Å². The number of piperazine rings is 1. The third-order valence-corrected chi connectivity index (χ3v) is 8.29. The first-order chi connectivity index (χ1) is 14.7. The lowest BCUT2D eigenvalue weighted by molar-refractivity contribution is -0.140. The smallest absolute Gasteiger partial charge is 0.222 e. The molecule has 3 aliphatic rings. The molecule has 7 nitrogen and oxygen atoms in total. The second-order valence-electron chi connectivity index (χ2n) is 9.10. The Labute approximate surface area is 184 Å². The summed E-state index contributed by atoms with van der Waals surface area (Å²) in [5.41, 5.74) is 0.700. The highest BCUT2D eigenvalue weighted by atomic mass is 32.2. The van der Waals surface area contributed by atoms with Crippen LogP contribution in [0.1, 0.15) is 32.1 Å². The molecule has 0 N–H and O–H groups in total. The van der Waals surface area contributed by atoms with E-state index in [1.807, 2.05) is 4.90 Å². The zero-order valence-electron chi connectivity index (χ0n) is 18.1. The Morgan fingerprint density at radius 2 is 1.74 bits per heavy atom. The minimum absolute atomic E-state index is 0.189. The maximum atomic E-state index is 13.1. The molecule has 1 aromatic rings. The van der Waals surface area contributed by atoms with Gasteiger partial charge in [-0.2, -0.15) is 0 Å². The van der Waals surface area contributed by atoms with Crippen molar-refractivity contribution in [1.29, 1.82) is 0 Å². The summed E-state index contributed by atoms with van der Waals surface area (Å²) in [5, 5.41) is 0. The van der Waals surface area contributed by atoms with E-state index < -0.39 is 10.0 Å². The van der Waals surface area contributed by atoms with Gasteiger partial charge in [0, 0.05) is 58.0 Å². The van der Waals surface area contributed by atoms with Crippen molar-refractivity contribution in [1.82, 2.24) is 9.21 Å². The summed E-state index contributed by atoms with van der Waals surface area (Å²) in [6.45, 7) is 4.46. The summed E-state index contributed by atoms with van der Waals surface area (Å²) in [4.78, 5) is 17.1. The van der Waals surface area contributed by atoms with Crippen LogP contribution in [0.5, 0.6) is 0 Å². The Balaban J connectivity index is 1.27. The number of nitrogens with zero attached hydrogens (tertiary/aromatic N) is 3. The van der Waals surface area contributed by atoms with Gasteiger partial charge in [0.2, 0.25) is 15.9 Å². The van der Waals surface area contributed by atoms with Crippen LogP contribution < -0.4 is 4.90 Å². The zero-order valence-corrected chi connectivity index (χ0v) is 18.9. The molecular weight excluding hydrogens is 421 g/mol. The Kier molecular flexibility index (Phi) is 6.55. The molecule has 1 amide bonds. The van der Waals surface area contributed by atoms with E-state index in [0.717, 1.165) is 31.6 Å². The molecule has 0 radical (unpaired) electrons. The van der Waals surface area contributed by atoms with E-state index in [1.54, 1.807) is 12.1 Å². The highest BCUT2D eigenvalue weighted by Gasteiger charge is 2.42. The van der Waals surface area contributed by atoms with Crippen LogP contribution in [0.4, 0.5) is 10.1 Å². The van der Waals surface area contributed by atoms with Crippen molar-refractivity contribution in [2.75, 3.05) is 57.0 Å². The van der Waals surface area contributed by atoms with Gasteiger partial charge in [0.1, 0.15) is 5.82 Å². The first-order valence-corrected chi connectivity index (χ1v) is 13.0. The molecule has 1 aromatic carbocycles. The average Bonchev–Trinajstić information content (AvgIpc) is 2.74. The predicted molar refractivity (Wildman–Crippen MR) is 117 cm³/mol. The second kappa shape index (κ2) is 9.03. The standard InChI is InChI=1S/C22H32FN3O4S/c1-31(28,29)26-9-7-22(8-10-26)17-18(6-15-30-22)16-21(27)25-13-11-24(12-14-25)20-4-2-19(23)3-5-20/h2-5,18H,6-17H2,1H3. The minimum atomic E-state index is -3.16. The van der Waals surface area contributed by atoms with Gasteiger partial charge in [0.15, 0.2) is 0 Å². The van der Waals surface area contributed by atoms with Crippen molar-refractivity contribution < 1.29 is 22.3 Å². The average molecular weight is 454 g/mol. The number of sulfonamides is 1. The molecule has 0 bridgehead atoms. The van der Waals surface area contributed by atoms with Gasteiger partial charge in [-0.3, -0.25) is 4.79 Å². The number of piperidine rings is 1. The van der Waals surface area contributed by atoms with Crippen molar-refractivity contribution in [3.63, 3.8) is 0 Å². The van der Waals surface area contributed by atoms with Gasteiger partial charge in [-0.15, -0.1) is 0 Å². The van der Waals surface area contributed by atoms with Crippen LogP contribution in [0.25, 0.3) is 0 Å². The number of carbonyl (C=O) groups excluding carboxylic acids is 1. The molecule has 1 atom stereocenters. The summed E-state index contributed by atoms with van der Waals surface area (Å²) in [6.07, 6.45) is 4.87. The van der Waals surface area contributed by atoms with Crippen LogP contribution in [0.15, 0.2) is 24.3 Å². The quantitative estimate of drug-likeness (QED) is 0.698. The van der Waals surface area contributed by atoms with Gasteiger partial charge in [0.05, 0.1) is 11.9 Å².